The Kier molecular flexibility index (Phi) is 3.73. The predicted octanol–water partition coefficient (Wildman–Crippen LogP) is 3.28. The number of nitrogens with zero attached hydrogens (tertiary/aromatic N) is 1. The third-order valence-electron chi connectivity index (χ3n) is 3.42. The van der Waals surface area contributed by atoms with Crippen molar-refractivity contribution in [1.29, 1.82) is 0 Å². The first-order valence-electron chi connectivity index (χ1n) is 6.46. The Morgan fingerprint density at radius 1 is 1.21 bits per heavy atom. The highest BCUT2D eigenvalue weighted by Gasteiger charge is 2.21. The molecule has 0 bridgehead atoms. The minimum atomic E-state index is -0.180. The molecule has 4 heteroatoms. The van der Waals surface area contributed by atoms with Gasteiger partial charge in [-0.05, 0) is 30.7 Å². The van der Waals surface area contributed by atoms with Gasteiger partial charge in [0.1, 0.15) is 11.5 Å². The van der Waals surface area contributed by atoms with E-state index in [-0.39, 0.29) is 6.10 Å². The highest BCUT2D eigenvalue weighted by molar-refractivity contribution is 9.10. The molecule has 2 heterocycles. The molecule has 19 heavy (non-hydrogen) atoms. The van der Waals surface area contributed by atoms with Crippen molar-refractivity contribution in [3.63, 3.8) is 0 Å². The number of aliphatic hydroxyl groups is 1. The highest BCUT2D eigenvalue weighted by atomic mass is 79.9. The lowest BCUT2D eigenvalue weighted by Gasteiger charge is -2.12. The van der Waals surface area contributed by atoms with Gasteiger partial charge in [-0.3, -0.25) is 4.90 Å². The topological polar surface area (TPSA) is 36.6 Å². The standard InChI is InChI=1S/C15H16BrNO2/c16-12-3-1-11(2-4-12)15-6-5-14(19-15)10-17-8-7-13(18)9-17/h1-6,13,18H,7-10H2. The summed E-state index contributed by atoms with van der Waals surface area (Å²) in [6.07, 6.45) is 0.682. The van der Waals surface area contributed by atoms with Crippen LogP contribution in [0.15, 0.2) is 45.3 Å². The fourth-order valence-electron chi connectivity index (χ4n) is 2.41. The molecule has 3 rings (SSSR count). The van der Waals surface area contributed by atoms with Gasteiger partial charge in [0.05, 0.1) is 12.6 Å². The maximum absolute atomic E-state index is 9.51. The van der Waals surface area contributed by atoms with Gasteiger partial charge < -0.3 is 9.52 Å². The molecule has 3 nitrogen and oxygen atoms in total. The third kappa shape index (κ3) is 3.08. The maximum atomic E-state index is 9.51. The van der Waals surface area contributed by atoms with E-state index in [9.17, 15) is 5.11 Å². The first-order chi connectivity index (χ1) is 9.20. The molecule has 1 aromatic carbocycles. The first kappa shape index (κ1) is 12.9. The summed E-state index contributed by atoms with van der Waals surface area (Å²) in [6, 6.07) is 12.1. The number of β-amino-alcohol motifs (C(OH)–C–C–N with tert-alkyl or cyclic N) is 1. The second-order valence-corrected chi connectivity index (χ2v) is 5.87. The van der Waals surface area contributed by atoms with Crippen LogP contribution in [-0.2, 0) is 6.54 Å². The lowest BCUT2D eigenvalue weighted by Crippen LogP contribution is -2.21. The lowest BCUT2D eigenvalue weighted by atomic mass is 10.2. The molecular weight excluding hydrogens is 306 g/mol. The van der Waals surface area contributed by atoms with Crippen molar-refractivity contribution in [3.05, 3.63) is 46.6 Å². The largest absolute Gasteiger partial charge is 0.460 e. The lowest BCUT2D eigenvalue weighted by molar-refractivity contribution is 0.172. The molecule has 2 aromatic rings. The number of halogens is 1. The molecule has 1 aliphatic heterocycles. The average molecular weight is 322 g/mol. The molecular formula is C15H16BrNO2. The van der Waals surface area contributed by atoms with Gasteiger partial charge in [-0.1, -0.05) is 28.1 Å². The number of aliphatic hydroxyl groups excluding tert-OH is 1. The van der Waals surface area contributed by atoms with Gasteiger partial charge in [0.2, 0.25) is 0 Å². The monoisotopic (exact) mass is 321 g/mol. The summed E-state index contributed by atoms with van der Waals surface area (Å²) in [4.78, 5) is 2.22. The van der Waals surface area contributed by atoms with E-state index >= 15 is 0 Å². The molecule has 1 unspecified atom stereocenters. The Bertz CT molecular complexity index is 550. The van der Waals surface area contributed by atoms with E-state index in [0.717, 1.165) is 47.6 Å². The minimum Gasteiger partial charge on any atom is -0.460 e. The Labute approximate surface area is 121 Å². The molecule has 0 saturated carbocycles. The normalized spacial score (nSPS) is 20.0. The van der Waals surface area contributed by atoms with Crippen LogP contribution in [-0.4, -0.2) is 29.2 Å². The van der Waals surface area contributed by atoms with Gasteiger partial charge >= 0.3 is 0 Å². The van der Waals surface area contributed by atoms with Crippen LogP contribution in [0.5, 0.6) is 0 Å². The van der Waals surface area contributed by atoms with E-state index < -0.39 is 0 Å². The predicted molar refractivity (Wildman–Crippen MR) is 77.7 cm³/mol. The molecule has 0 radical (unpaired) electrons. The number of hydrogen-bond acceptors (Lipinski definition) is 3. The molecule has 1 aliphatic rings. The van der Waals surface area contributed by atoms with Gasteiger partial charge in [-0.2, -0.15) is 0 Å². The average Bonchev–Trinajstić information content (AvgIpc) is 3.00. The van der Waals surface area contributed by atoms with E-state index in [2.05, 4.69) is 20.8 Å². The molecule has 0 spiro atoms. The first-order valence-corrected chi connectivity index (χ1v) is 7.25. The quantitative estimate of drug-likeness (QED) is 0.942. The molecule has 0 amide bonds. The Balaban J connectivity index is 1.71. The van der Waals surface area contributed by atoms with Crippen molar-refractivity contribution in [2.24, 2.45) is 0 Å². The third-order valence-corrected chi connectivity index (χ3v) is 3.95. The number of rotatable bonds is 3. The van der Waals surface area contributed by atoms with Crippen LogP contribution < -0.4 is 0 Å². The number of benzene rings is 1. The van der Waals surface area contributed by atoms with Crippen molar-refractivity contribution in [3.8, 4) is 11.3 Å². The second kappa shape index (κ2) is 5.49. The summed E-state index contributed by atoms with van der Waals surface area (Å²) in [5, 5.41) is 9.51. The minimum absolute atomic E-state index is 0.180. The van der Waals surface area contributed by atoms with Gasteiger partial charge in [-0.25, -0.2) is 0 Å². The molecule has 0 aliphatic carbocycles. The molecule has 1 atom stereocenters. The van der Waals surface area contributed by atoms with Crippen molar-refractivity contribution in [1.82, 2.24) is 4.90 Å². The van der Waals surface area contributed by atoms with E-state index in [1.165, 1.54) is 0 Å². The zero-order valence-electron chi connectivity index (χ0n) is 10.6. The van der Waals surface area contributed by atoms with Gasteiger partial charge in [0.25, 0.3) is 0 Å². The summed E-state index contributed by atoms with van der Waals surface area (Å²) in [5.74, 6) is 1.84. The van der Waals surface area contributed by atoms with E-state index in [1.807, 2.05) is 36.4 Å². The van der Waals surface area contributed by atoms with Crippen LogP contribution >= 0.6 is 15.9 Å². The van der Waals surface area contributed by atoms with Crippen molar-refractivity contribution < 1.29 is 9.52 Å². The maximum Gasteiger partial charge on any atom is 0.134 e. The number of hydrogen-bond donors (Lipinski definition) is 1. The smallest absolute Gasteiger partial charge is 0.134 e. The summed E-state index contributed by atoms with van der Waals surface area (Å²) in [6.45, 7) is 2.46. The molecule has 1 N–H and O–H groups in total. The second-order valence-electron chi connectivity index (χ2n) is 4.95. The van der Waals surface area contributed by atoms with Crippen LogP contribution in [0.1, 0.15) is 12.2 Å². The summed E-state index contributed by atoms with van der Waals surface area (Å²) < 4.78 is 6.93. The van der Waals surface area contributed by atoms with Crippen LogP contribution in [0.4, 0.5) is 0 Å². The van der Waals surface area contributed by atoms with Crippen LogP contribution in [0, 0.1) is 0 Å². The number of furan rings is 1. The van der Waals surface area contributed by atoms with Crippen molar-refractivity contribution in [2.75, 3.05) is 13.1 Å². The van der Waals surface area contributed by atoms with E-state index in [0.29, 0.717) is 0 Å². The molecule has 1 fully saturated rings. The Hall–Kier alpha value is -1.10. The van der Waals surface area contributed by atoms with Gasteiger partial charge in [-0.15, -0.1) is 0 Å². The van der Waals surface area contributed by atoms with Gasteiger partial charge in [0, 0.05) is 23.1 Å². The highest BCUT2D eigenvalue weighted by Crippen LogP contribution is 2.25. The van der Waals surface area contributed by atoms with E-state index in [1.54, 1.807) is 0 Å². The SMILES string of the molecule is OC1CCN(Cc2ccc(-c3ccc(Br)cc3)o2)C1. The van der Waals surface area contributed by atoms with Crippen LogP contribution in [0.2, 0.25) is 0 Å². The summed E-state index contributed by atoms with van der Waals surface area (Å²) in [5.41, 5.74) is 1.08. The van der Waals surface area contributed by atoms with Crippen LogP contribution in [0.25, 0.3) is 11.3 Å². The zero-order chi connectivity index (χ0) is 13.2. The fourth-order valence-corrected chi connectivity index (χ4v) is 2.67. The Morgan fingerprint density at radius 3 is 2.68 bits per heavy atom. The molecule has 1 saturated heterocycles. The summed E-state index contributed by atoms with van der Waals surface area (Å²) in [7, 11) is 0. The van der Waals surface area contributed by atoms with Crippen molar-refractivity contribution >= 4 is 15.9 Å². The molecule has 100 valence electrons. The zero-order valence-corrected chi connectivity index (χ0v) is 12.1. The summed E-state index contributed by atoms with van der Waals surface area (Å²) >= 11 is 3.43. The molecule has 1 aromatic heterocycles. The van der Waals surface area contributed by atoms with Crippen LogP contribution in [0.3, 0.4) is 0 Å². The van der Waals surface area contributed by atoms with E-state index in [4.69, 9.17) is 4.42 Å². The number of likely N-dealkylation sites (tertiary alicyclic amines) is 1. The van der Waals surface area contributed by atoms with Gasteiger partial charge in [0.15, 0.2) is 0 Å². The Morgan fingerprint density at radius 2 is 2.00 bits per heavy atom. The van der Waals surface area contributed by atoms with Crippen molar-refractivity contribution in [2.45, 2.75) is 19.1 Å². The fraction of sp³-hybridized carbons (Fsp3) is 0.333.